The molecule has 9 heteroatoms. The second kappa shape index (κ2) is 19.8. The summed E-state index contributed by atoms with van der Waals surface area (Å²) in [6.45, 7) is 7.84. The average Bonchev–Trinajstić information content (AvgIpc) is 3.06. The Hall–Kier alpha value is -2.90. The van der Waals surface area contributed by atoms with Gasteiger partial charge in [0.1, 0.15) is 0 Å². The predicted molar refractivity (Wildman–Crippen MR) is 181 cm³/mol. The van der Waals surface area contributed by atoms with Crippen LogP contribution >= 0.6 is 15.4 Å². The summed E-state index contributed by atoms with van der Waals surface area (Å²) in [6, 6.07) is 38.8. The summed E-state index contributed by atoms with van der Waals surface area (Å²) >= 11 is -1.38. The zero-order valence-electron chi connectivity index (χ0n) is 26.6. The Morgan fingerprint density at radius 3 is 1.04 bits per heavy atom. The van der Waals surface area contributed by atoms with Gasteiger partial charge in [0.15, 0.2) is 0 Å². The minimum atomic E-state index is -2.75. The molecule has 0 radical (unpaired) electrons. The molecule has 0 bridgehead atoms. The van der Waals surface area contributed by atoms with Crippen molar-refractivity contribution >= 4 is 26.5 Å². The smallest absolute Gasteiger partial charge is 1.00 e. The Labute approximate surface area is 303 Å². The molecule has 4 nitrogen and oxygen atoms in total. The largest absolute Gasteiger partial charge is 1.00 e. The Bertz CT molecular complexity index is 1730. The molecule has 4 aromatic rings. The van der Waals surface area contributed by atoms with E-state index in [0.717, 1.165) is 55.7 Å². The van der Waals surface area contributed by atoms with Crippen molar-refractivity contribution in [2.24, 2.45) is 0 Å². The molecular weight excluding hydrogens is 744 g/mol. The molecule has 0 heterocycles. The maximum absolute atomic E-state index is 12.5. The van der Waals surface area contributed by atoms with Crippen molar-refractivity contribution in [3.8, 4) is 0 Å². The maximum atomic E-state index is 12.5. The van der Waals surface area contributed by atoms with Crippen LogP contribution in [0.5, 0.6) is 0 Å². The first-order valence-corrected chi connectivity index (χ1v) is 20.0. The summed E-state index contributed by atoms with van der Waals surface area (Å²) < 4.78 is 54.8. The summed E-state index contributed by atoms with van der Waals surface area (Å²) in [5.41, 5.74) is 7.71. The third kappa shape index (κ3) is 10.5. The van der Waals surface area contributed by atoms with Crippen molar-refractivity contribution in [1.29, 1.82) is 0 Å². The molecule has 47 heavy (non-hydrogen) atoms. The molecule has 2 unspecified atom stereocenters. The maximum Gasteiger partial charge on any atom is -1.00 e. The Balaban J connectivity index is 0.00000384. The van der Waals surface area contributed by atoms with Crippen LogP contribution in [0.2, 0.25) is 0 Å². The monoisotopic (exact) mass is 778 g/mol. The van der Waals surface area contributed by atoms with Crippen molar-refractivity contribution < 1.29 is 66.3 Å². The second-order valence-corrected chi connectivity index (χ2v) is 15.2. The second-order valence-electron chi connectivity index (χ2n) is 10.8. The summed E-state index contributed by atoms with van der Waals surface area (Å²) in [6.07, 6.45) is 0. The standard InChI is InChI=1S/2C19H18O2P.2ClH.Zr/c2*1-14(15(2)17-10-6-4-7-11-17)16(3)19(22(20)21)18-12-8-5-9-13-18;;;/h2*2,4-13,19H,1,3H3;2*1H;/q;;;;+2/p-2. The number of allylic oxidation sites excluding steroid dienone is 6. The van der Waals surface area contributed by atoms with Crippen LogP contribution in [-0.2, 0) is 41.5 Å². The van der Waals surface area contributed by atoms with E-state index in [0.29, 0.717) is 0 Å². The first kappa shape index (κ1) is 40.3. The molecule has 0 fully saturated rings. The van der Waals surface area contributed by atoms with Gasteiger partial charge in [0.05, 0.1) is 0 Å². The van der Waals surface area contributed by atoms with Gasteiger partial charge in [0.25, 0.3) is 0 Å². The van der Waals surface area contributed by atoms with Crippen LogP contribution in [0.1, 0.15) is 61.3 Å². The summed E-state index contributed by atoms with van der Waals surface area (Å²) in [4.78, 5) is 0. The van der Waals surface area contributed by atoms with Gasteiger partial charge in [-0.15, -0.1) is 0 Å². The van der Waals surface area contributed by atoms with E-state index >= 15 is 0 Å². The van der Waals surface area contributed by atoms with Gasteiger partial charge >= 0.3 is 280 Å². The van der Waals surface area contributed by atoms with Crippen molar-refractivity contribution in [1.82, 2.24) is 0 Å². The van der Waals surface area contributed by atoms with E-state index in [1.165, 1.54) is 0 Å². The number of halogens is 2. The number of benzene rings is 4. The number of rotatable bonds is 12. The van der Waals surface area contributed by atoms with Gasteiger partial charge in [0.2, 0.25) is 0 Å². The number of hydrogen-bond acceptors (Lipinski definition) is 4. The normalized spacial score (nSPS) is 13.8. The van der Waals surface area contributed by atoms with Crippen molar-refractivity contribution in [2.45, 2.75) is 39.0 Å². The third-order valence-electron chi connectivity index (χ3n) is 8.09. The Morgan fingerprint density at radius 1 is 0.489 bits per heavy atom. The minimum absolute atomic E-state index is 0. The van der Waals surface area contributed by atoms with Gasteiger partial charge in [-0.25, -0.2) is 0 Å². The first-order valence-electron chi connectivity index (χ1n) is 14.7. The molecule has 240 valence electrons. The topological polar surface area (TPSA) is 68.3 Å². The van der Waals surface area contributed by atoms with Gasteiger partial charge in [0, 0.05) is 0 Å². The molecule has 0 aromatic heterocycles. The fraction of sp³-hybridized carbons (Fsp3) is 0.158. The van der Waals surface area contributed by atoms with Crippen LogP contribution in [0.15, 0.2) is 151 Å². The zero-order valence-corrected chi connectivity index (χ0v) is 32.4. The first-order chi connectivity index (χ1) is 21.7. The van der Waals surface area contributed by atoms with Crippen molar-refractivity contribution in [2.75, 3.05) is 0 Å². The molecule has 0 aliphatic heterocycles. The van der Waals surface area contributed by atoms with E-state index in [2.05, 4.69) is 31.8 Å². The van der Waals surface area contributed by atoms with Crippen LogP contribution in [0.4, 0.5) is 0 Å². The van der Waals surface area contributed by atoms with E-state index in [4.69, 9.17) is 0 Å². The van der Waals surface area contributed by atoms with Crippen LogP contribution < -0.4 is 24.8 Å². The number of hydrogen-bond donors (Lipinski definition) is 0. The molecule has 0 aliphatic carbocycles. The molecule has 0 N–H and O–H groups in total. The Morgan fingerprint density at radius 2 is 0.766 bits per heavy atom. The van der Waals surface area contributed by atoms with Gasteiger partial charge in [-0.2, -0.15) is 0 Å². The molecule has 4 rings (SSSR count). The molecule has 4 aromatic carbocycles. The third-order valence-corrected chi connectivity index (χ3v) is 12.5. The van der Waals surface area contributed by atoms with Crippen LogP contribution in [-0.4, -0.2) is 0 Å². The van der Waals surface area contributed by atoms with E-state index in [1.807, 2.05) is 125 Å². The van der Waals surface area contributed by atoms with Gasteiger partial charge in [-0.1, -0.05) is 0 Å². The van der Waals surface area contributed by atoms with E-state index in [1.54, 1.807) is 0 Å². The van der Waals surface area contributed by atoms with E-state index in [-0.39, 0.29) is 24.8 Å². The van der Waals surface area contributed by atoms with Crippen LogP contribution in [0.3, 0.4) is 0 Å². The molecule has 2 atom stereocenters. The van der Waals surface area contributed by atoms with Crippen molar-refractivity contribution in [3.05, 3.63) is 173 Å². The molecule has 0 amide bonds. The predicted octanol–water partition coefficient (Wildman–Crippen LogP) is 5.66. The van der Waals surface area contributed by atoms with Crippen LogP contribution in [0.25, 0.3) is 11.1 Å². The molecular formula is C38H36Cl2O4P2Zr. The quantitative estimate of drug-likeness (QED) is 0.138. The molecule has 0 spiro atoms. The summed E-state index contributed by atoms with van der Waals surface area (Å²) in [7, 11) is -5.49. The average molecular weight is 781 g/mol. The fourth-order valence-corrected chi connectivity index (χ4v) is 10.2. The van der Waals surface area contributed by atoms with Gasteiger partial charge < -0.3 is 24.8 Å². The van der Waals surface area contributed by atoms with E-state index in [9.17, 15) is 18.3 Å². The minimum Gasteiger partial charge on any atom is -1.00 e. The van der Waals surface area contributed by atoms with Crippen LogP contribution in [0, 0.1) is 0 Å². The van der Waals surface area contributed by atoms with Gasteiger partial charge in [-0.05, 0) is 0 Å². The summed E-state index contributed by atoms with van der Waals surface area (Å²) in [5.74, 6) is 0. The fourth-order valence-electron chi connectivity index (χ4n) is 5.43. The Kier molecular flexibility index (Phi) is 17.0. The summed E-state index contributed by atoms with van der Waals surface area (Å²) in [5, 5.41) is 0. The zero-order chi connectivity index (χ0) is 32.3. The molecule has 0 saturated heterocycles. The molecule has 0 saturated carbocycles. The van der Waals surface area contributed by atoms with Gasteiger partial charge in [-0.3, -0.25) is 0 Å². The van der Waals surface area contributed by atoms with E-state index < -0.39 is 49.9 Å². The van der Waals surface area contributed by atoms with Crippen molar-refractivity contribution in [3.63, 3.8) is 0 Å². The molecule has 0 aliphatic rings. The SMILES string of the molecule is CC(C(=[CH][Zr+2][CH]=C(C(C)=C(C)C(c1ccccc1)P(=O)=O)c1ccccc1)c1ccccc1)=C(C)C(c1ccccc1)P(=O)=O.[Cl-].[Cl-].